The first kappa shape index (κ1) is 35.7. The zero-order valence-electron chi connectivity index (χ0n) is 26.4. The van der Waals surface area contributed by atoms with Crippen LogP contribution in [0.15, 0.2) is 48.8 Å². The Morgan fingerprint density at radius 3 is 1.49 bits per heavy atom. The molecule has 1 amide bonds. The molecule has 0 atom stereocenters. The first-order chi connectivity index (χ1) is 21.9. The second kappa shape index (κ2) is 21.0. The molecule has 2 saturated heterocycles. The second-order valence-corrected chi connectivity index (χ2v) is 11.3. The minimum Gasteiger partial charge on any atom is -0.481 e. The van der Waals surface area contributed by atoms with E-state index in [4.69, 9.17) is 10.2 Å². The molecule has 248 valence electrons. The van der Waals surface area contributed by atoms with E-state index in [-0.39, 0.29) is 18.7 Å². The summed E-state index contributed by atoms with van der Waals surface area (Å²) >= 11 is 0. The third kappa shape index (κ3) is 15.7. The lowest BCUT2D eigenvalue weighted by Crippen LogP contribution is -2.49. The lowest BCUT2D eigenvalue weighted by Gasteiger charge is -2.34. The highest BCUT2D eigenvalue weighted by Crippen LogP contribution is 2.08. The molecule has 2 aromatic heterocycles. The van der Waals surface area contributed by atoms with Crippen LogP contribution in [0.1, 0.15) is 38.5 Å². The van der Waals surface area contributed by atoms with Gasteiger partial charge < -0.3 is 35.5 Å². The summed E-state index contributed by atoms with van der Waals surface area (Å²) in [6.45, 7) is 11.6. The van der Waals surface area contributed by atoms with Crippen LogP contribution in [-0.2, 0) is 14.4 Å². The summed E-state index contributed by atoms with van der Waals surface area (Å²) in [5.41, 5.74) is 0. The number of carboxylic acid groups (broad SMARTS) is 2. The van der Waals surface area contributed by atoms with Gasteiger partial charge in [-0.05, 0) is 63.2 Å². The zero-order valence-corrected chi connectivity index (χ0v) is 26.4. The van der Waals surface area contributed by atoms with Crippen LogP contribution in [0.25, 0.3) is 0 Å². The highest BCUT2D eigenvalue weighted by atomic mass is 16.4. The van der Waals surface area contributed by atoms with Crippen molar-refractivity contribution in [1.82, 2.24) is 29.6 Å². The van der Waals surface area contributed by atoms with E-state index in [9.17, 15) is 14.4 Å². The van der Waals surface area contributed by atoms with Crippen LogP contribution >= 0.6 is 0 Å². The monoisotopic (exact) mass is 626 g/mol. The summed E-state index contributed by atoms with van der Waals surface area (Å²) in [6.07, 6.45) is 6.98. The molecule has 2 aliphatic heterocycles. The summed E-state index contributed by atoms with van der Waals surface area (Å²) in [7, 11) is 0. The molecule has 4 heterocycles. The van der Waals surface area contributed by atoms with Gasteiger partial charge in [-0.25, -0.2) is 9.97 Å². The third-order valence-corrected chi connectivity index (χ3v) is 7.85. The Morgan fingerprint density at radius 2 is 1.04 bits per heavy atom. The number of aliphatic carboxylic acids is 2. The summed E-state index contributed by atoms with van der Waals surface area (Å²) in [6, 6.07) is 11.5. The number of piperazine rings is 2. The van der Waals surface area contributed by atoms with Gasteiger partial charge in [-0.2, -0.15) is 0 Å². The van der Waals surface area contributed by atoms with E-state index >= 15 is 0 Å². The fourth-order valence-electron chi connectivity index (χ4n) is 5.27. The Kier molecular flexibility index (Phi) is 16.7. The lowest BCUT2D eigenvalue weighted by atomic mass is 10.2. The van der Waals surface area contributed by atoms with Gasteiger partial charge in [-0.3, -0.25) is 19.3 Å². The van der Waals surface area contributed by atoms with Crippen molar-refractivity contribution in [2.75, 3.05) is 95.7 Å². The van der Waals surface area contributed by atoms with Crippen molar-refractivity contribution in [1.29, 1.82) is 0 Å². The van der Waals surface area contributed by atoms with Gasteiger partial charge in [-0.15, -0.1) is 0 Å². The number of carboxylic acids is 2. The maximum absolute atomic E-state index is 12.2. The Hall–Kier alpha value is -3.81. The van der Waals surface area contributed by atoms with Crippen molar-refractivity contribution in [3.05, 3.63) is 48.8 Å². The first-order valence-electron chi connectivity index (χ1n) is 16.1. The Labute approximate surface area is 266 Å². The molecule has 0 saturated carbocycles. The molecule has 2 aliphatic rings. The predicted molar refractivity (Wildman–Crippen MR) is 174 cm³/mol. The number of hydrogen-bond donors (Lipinski definition) is 4. The molecule has 2 aromatic rings. The number of carbonyl (C=O) groups is 3. The van der Waals surface area contributed by atoms with Crippen LogP contribution in [0.5, 0.6) is 0 Å². The van der Waals surface area contributed by atoms with Crippen LogP contribution in [0.2, 0.25) is 0 Å². The maximum Gasteiger partial charge on any atom is 0.303 e. The van der Waals surface area contributed by atoms with Crippen molar-refractivity contribution in [3.8, 4) is 0 Å². The van der Waals surface area contributed by atoms with E-state index in [0.29, 0.717) is 19.4 Å². The van der Waals surface area contributed by atoms with Crippen molar-refractivity contribution in [3.63, 3.8) is 0 Å². The van der Waals surface area contributed by atoms with E-state index in [2.05, 4.69) is 35.3 Å². The van der Waals surface area contributed by atoms with E-state index < -0.39 is 11.9 Å². The van der Waals surface area contributed by atoms with Crippen LogP contribution < -0.4 is 10.6 Å². The van der Waals surface area contributed by atoms with Gasteiger partial charge in [0.25, 0.3) is 0 Å². The zero-order chi connectivity index (χ0) is 32.1. The minimum atomic E-state index is -0.751. The molecular weight excluding hydrogens is 576 g/mol. The van der Waals surface area contributed by atoms with E-state index in [1.54, 1.807) is 12.4 Å². The number of hydrogen-bond acceptors (Lipinski definition) is 10. The Bertz CT molecular complexity index is 1110. The van der Waals surface area contributed by atoms with E-state index in [1.807, 2.05) is 41.3 Å². The molecule has 0 unspecified atom stereocenters. The molecule has 13 heteroatoms. The molecule has 45 heavy (non-hydrogen) atoms. The smallest absolute Gasteiger partial charge is 0.303 e. The number of rotatable bonds is 17. The number of anilines is 2. The molecule has 0 spiro atoms. The average molecular weight is 627 g/mol. The minimum absolute atomic E-state index is 0.151. The maximum atomic E-state index is 12.2. The quantitative estimate of drug-likeness (QED) is 0.190. The molecule has 0 radical (unpaired) electrons. The van der Waals surface area contributed by atoms with Gasteiger partial charge in [0.05, 0.1) is 0 Å². The van der Waals surface area contributed by atoms with Gasteiger partial charge in [-0.1, -0.05) is 12.1 Å². The molecule has 4 N–H and O–H groups in total. The number of aromatic nitrogens is 2. The fourth-order valence-corrected chi connectivity index (χ4v) is 5.27. The molecule has 13 nitrogen and oxygen atoms in total. The van der Waals surface area contributed by atoms with Gasteiger partial charge in [0.2, 0.25) is 5.91 Å². The number of nitrogens with zero attached hydrogens (tertiary/aromatic N) is 6. The molecule has 0 aromatic carbocycles. The molecular formula is C32H50N8O5. The van der Waals surface area contributed by atoms with Gasteiger partial charge in [0.1, 0.15) is 11.6 Å². The van der Waals surface area contributed by atoms with Crippen molar-refractivity contribution >= 4 is 29.5 Å². The second-order valence-electron chi connectivity index (χ2n) is 11.3. The summed E-state index contributed by atoms with van der Waals surface area (Å²) in [4.78, 5) is 50.5. The van der Waals surface area contributed by atoms with E-state index in [0.717, 1.165) is 103 Å². The predicted octanol–water partition coefficient (Wildman–Crippen LogP) is 2.26. The van der Waals surface area contributed by atoms with Crippen molar-refractivity contribution in [2.45, 2.75) is 38.5 Å². The Balaban J connectivity index is 0.000000246. The van der Waals surface area contributed by atoms with Crippen LogP contribution in [0.4, 0.5) is 11.6 Å². The first-order valence-corrected chi connectivity index (χ1v) is 16.1. The molecule has 2 fully saturated rings. The number of amides is 1. The van der Waals surface area contributed by atoms with Gasteiger partial charge in [0.15, 0.2) is 0 Å². The normalized spacial score (nSPS) is 16.0. The third-order valence-electron chi connectivity index (χ3n) is 7.85. The van der Waals surface area contributed by atoms with Gasteiger partial charge >= 0.3 is 11.9 Å². The summed E-state index contributed by atoms with van der Waals surface area (Å²) < 4.78 is 0. The van der Waals surface area contributed by atoms with E-state index in [1.165, 1.54) is 0 Å². The Morgan fingerprint density at radius 1 is 0.600 bits per heavy atom. The molecule has 0 aliphatic carbocycles. The fraction of sp³-hybridized carbons (Fsp3) is 0.594. The number of nitrogens with one attached hydrogen (secondary N) is 2. The highest BCUT2D eigenvalue weighted by molar-refractivity contribution is 5.76. The van der Waals surface area contributed by atoms with Crippen molar-refractivity contribution < 1.29 is 24.6 Å². The largest absolute Gasteiger partial charge is 0.481 e. The summed E-state index contributed by atoms with van der Waals surface area (Å²) in [5.74, 6) is 0.422. The van der Waals surface area contributed by atoms with Crippen LogP contribution in [-0.4, -0.2) is 143 Å². The molecule has 4 rings (SSSR count). The average Bonchev–Trinajstić information content (AvgIpc) is 3.05. The van der Waals surface area contributed by atoms with Crippen LogP contribution in [0, 0.1) is 0 Å². The van der Waals surface area contributed by atoms with Crippen LogP contribution in [0.3, 0.4) is 0 Å². The lowest BCUT2D eigenvalue weighted by molar-refractivity contribution is -0.138. The SMILES string of the molecule is O=C(O)CCCN1CCN(C(=O)CCNc2ccccn2)CC1.O=C(O)CCCN1CCN(CCCNc2ccccn2)CC1. The highest BCUT2D eigenvalue weighted by Gasteiger charge is 2.20. The number of carbonyl (C=O) groups excluding carboxylic acids is 1. The molecule has 0 bridgehead atoms. The summed E-state index contributed by atoms with van der Waals surface area (Å²) in [5, 5.41) is 23.8. The number of pyridine rings is 2. The van der Waals surface area contributed by atoms with Gasteiger partial charge in [0, 0.05) is 97.1 Å². The topological polar surface area (TPSA) is 154 Å². The standard InChI is InChI=1S/C16H24N4O3.C16H26N4O2/c21-15(6-8-18-14-4-1-2-7-17-14)20-12-10-19(11-13-20)9-3-5-16(22)23;21-16(22)6-3-9-19-11-13-20(14-12-19)10-4-8-18-15-5-1-2-7-17-15/h1-2,4,7H,3,5-6,8-13H2,(H,17,18)(H,22,23);1-2,5,7H,3-4,6,8-14H2,(H,17,18)(H,21,22). The van der Waals surface area contributed by atoms with Crippen molar-refractivity contribution in [2.24, 2.45) is 0 Å².